The van der Waals surface area contributed by atoms with Gasteiger partial charge in [0.25, 0.3) is 0 Å². The summed E-state index contributed by atoms with van der Waals surface area (Å²) in [6, 6.07) is 16.4. The van der Waals surface area contributed by atoms with Crippen molar-refractivity contribution in [1.82, 2.24) is 0 Å². The van der Waals surface area contributed by atoms with Gasteiger partial charge in [-0.3, -0.25) is 0 Å². The van der Waals surface area contributed by atoms with Gasteiger partial charge in [-0.15, -0.1) is 23.0 Å². The van der Waals surface area contributed by atoms with Crippen LogP contribution in [0.15, 0.2) is 48.5 Å². The van der Waals surface area contributed by atoms with Gasteiger partial charge in [-0.1, -0.05) is 237 Å². The van der Waals surface area contributed by atoms with Gasteiger partial charge in [0, 0.05) is 0 Å². The minimum atomic E-state index is -0.253. The Kier molecular flexibility index (Phi) is 17.0. The fourth-order valence-electron chi connectivity index (χ4n) is 7.65. The van der Waals surface area contributed by atoms with Crippen LogP contribution < -0.4 is 20.4 Å². The first-order chi connectivity index (χ1) is 27.5. The van der Waals surface area contributed by atoms with E-state index in [2.05, 4.69) is 190 Å². The van der Waals surface area contributed by atoms with Crippen LogP contribution in [0.3, 0.4) is 0 Å². The summed E-state index contributed by atoms with van der Waals surface area (Å²) in [7, 11) is 0. The average molecular weight is 1080 g/mol. The van der Waals surface area contributed by atoms with Crippen LogP contribution in [0.2, 0.25) is 0 Å². The first kappa shape index (κ1) is 56.5. The first-order valence-corrected chi connectivity index (χ1v) is 22.8. The summed E-state index contributed by atoms with van der Waals surface area (Å²) in [6.07, 6.45) is 0.745. The van der Waals surface area contributed by atoms with E-state index in [1.54, 1.807) is 0 Å². The van der Waals surface area contributed by atoms with Gasteiger partial charge < -0.3 is 20.4 Å². The van der Waals surface area contributed by atoms with E-state index in [1.807, 2.05) is 24.3 Å². The second-order valence-corrected chi connectivity index (χ2v) is 26.4. The van der Waals surface area contributed by atoms with E-state index in [9.17, 15) is 20.4 Å². The second kappa shape index (κ2) is 19.0. The molecule has 0 spiro atoms. The van der Waals surface area contributed by atoms with E-state index in [4.69, 9.17) is 0 Å². The molecule has 0 fully saturated rings. The Balaban J connectivity index is 0.000000427. The van der Waals surface area contributed by atoms with Crippen molar-refractivity contribution >= 4 is 0 Å². The first-order valence-electron chi connectivity index (χ1n) is 22.8. The molecule has 0 aliphatic heterocycles. The number of hydrogen-bond acceptors (Lipinski definition) is 4. The molecular formula is C58H84O4Th. The normalized spacial score (nSPS) is 13.3. The molecule has 5 heteroatoms. The summed E-state index contributed by atoms with van der Waals surface area (Å²) in [4.78, 5) is 0. The molecule has 4 rings (SSSR count). The van der Waals surface area contributed by atoms with Gasteiger partial charge in [0.1, 0.15) is 0 Å². The zero-order valence-electron chi connectivity index (χ0n) is 44.2. The van der Waals surface area contributed by atoms with Gasteiger partial charge in [-0.2, -0.15) is 0 Å². The zero-order valence-corrected chi connectivity index (χ0v) is 48.3. The van der Waals surface area contributed by atoms with Crippen LogP contribution >= 0.6 is 0 Å². The molecule has 0 N–H and O–H groups in total. The third-order valence-electron chi connectivity index (χ3n) is 12.1. The number of rotatable bonds is 4. The molecule has 0 aliphatic carbocycles. The van der Waals surface area contributed by atoms with E-state index in [1.165, 1.54) is 0 Å². The van der Waals surface area contributed by atoms with E-state index in [-0.39, 0.29) is 106 Å². The molecule has 0 saturated heterocycles. The summed E-state index contributed by atoms with van der Waals surface area (Å²) in [5, 5.41) is 53.9. The maximum Gasteiger partial charge on any atom is 4.00 e. The molecule has 0 aromatic heterocycles. The van der Waals surface area contributed by atoms with Crippen LogP contribution in [0.5, 0.6) is 23.0 Å². The predicted molar refractivity (Wildman–Crippen MR) is 259 cm³/mol. The molecule has 4 nitrogen and oxygen atoms in total. The summed E-state index contributed by atoms with van der Waals surface area (Å²) in [5.41, 5.74) is 9.43. The standard InChI is InChI=1S/2C29H44O2.Th/c2*1-26(2,3)20-14-18(24(30)22(16-20)28(7,8)9)13-19-15-21(27(4,5)6)17-23(25(19)31)29(10,11)12;/h2*14-17,30-31H,13H2,1-12H3;/q;;+4/p-4. The van der Waals surface area contributed by atoms with Gasteiger partial charge in [0.15, 0.2) is 0 Å². The van der Waals surface area contributed by atoms with Crippen molar-refractivity contribution in [1.29, 1.82) is 0 Å². The molecule has 0 saturated carbocycles. The summed E-state index contributed by atoms with van der Waals surface area (Å²) in [5.74, 6) is 0.272. The largest absolute Gasteiger partial charge is 4.00 e. The van der Waals surface area contributed by atoms with Crippen LogP contribution in [0.4, 0.5) is 0 Å². The molecular weight excluding hydrogens is 993 g/mol. The smallest absolute Gasteiger partial charge is 0.872 e. The minimum absolute atomic E-state index is 0. The Morgan fingerprint density at radius 3 is 0.508 bits per heavy atom. The van der Waals surface area contributed by atoms with Crippen molar-refractivity contribution in [3.63, 3.8) is 0 Å². The molecule has 63 heavy (non-hydrogen) atoms. The molecule has 0 unspecified atom stereocenters. The quantitative estimate of drug-likeness (QED) is 0.204. The topological polar surface area (TPSA) is 92.2 Å². The number of hydrogen-bond donors (Lipinski definition) is 0. The molecule has 4 aromatic rings. The third kappa shape index (κ3) is 14.2. The average Bonchev–Trinajstić information content (AvgIpc) is 3.04. The fourth-order valence-corrected chi connectivity index (χ4v) is 7.65. The summed E-state index contributed by atoms with van der Waals surface area (Å²) >= 11 is 0. The minimum Gasteiger partial charge on any atom is -0.872 e. The Morgan fingerprint density at radius 2 is 0.397 bits per heavy atom. The molecule has 344 valence electrons. The molecule has 0 amide bonds. The second-order valence-electron chi connectivity index (χ2n) is 26.4. The Labute approximate surface area is 417 Å². The van der Waals surface area contributed by atoms with Crippen LogP contribution in [0.25, 0.3) is 0 Å². The molecule has 4 aromatic carbocycles. The molecule has 0 aliphatic rings. The maximum atomic E-state index is 13.5. The van der Waals surface area contributed by atoms with Crippen molar-refractivity contribution < 1.29 is 60.4 Å². The Hall–Kier alpha value is -2.60. The Morgan fingerprint density at radius 1 is 0.254 bits per heavy atom. The predicted octanol–water partition coefficient (Wildman–Crippen LogP) is 13.2. The fraction of sp³-hybridized carbons (Fsp3) is 0.586. The molecule has 0 heterocycles. The van der Waals surface area contributed by atoms with Crippen molar-refractivity contribution in [3.05, 3.63) is 115 Å². The Bertz CT molecular complexity index is 1910. The van der Waals surface area contributed by atoms with Gasteiger partial charge in [-0.25, -0.2) is 0 Å². The van der Waals surface area contributed by atoms with Crippen molar-refractivity contribution in [3.8, 4) is 23.0 Å². The maximum absolute atomic E-state index is 13.5. The van der Waals surface area contributed by atoms with Crippen molar-refractivity contribution in [2.45, 2.75) is 222 Å². The van der Waals surface area contributed by atoms with Crippen LogP contribution in [0.1, 0.15) is 233 Å². The van der Waals surface area contributed by atoms with Crippen molar-refractivity contribution in [2.75, 3.05) is 0 Å². The van der Waals surface area contributed by atoms with Crippen molar-refractivity contribution in [2.24, 2.45) is 0 Å². The van der Waals surface area contributed by atoms with E-state index in [0.717, 1.165) is 66.8 Å². The molecule has 0 bridgehead atoms. The zero-order chi connectivity index (χ0) is 48.3. The van der Waals surface area contributed by atoms with Crippen LogP contribution in [0, 0.1) is 39.9 Å². The van der Waals surface area contributed by atoms with Gasteiger partial charge in [0.05, 0.1) is 0 Å². The SMILES string of the molecule is CC(C)(C)c1cc(Cc2cc(C(C)(C)C)cc(C(C)(C)C)c2[O-])c([O-])c(C(C)(C)C)c1.CC(C)(C)c1cc(Cc2cc(C(C)(C)C)cc(C(C)(C)C)c2[O-])c([O-])c(C(C)(C)C)c1.[Th+4]. The van der Waals surface area contributed by atoms with Crippen LogP contribution in [-0.4, -0.2) is 0 Å². The van der Waals surface area contributed by atoms with E-state index < -0.39 is 0 Å². The summed E-state index contributed by atoms with van der Waals surface area (Å²) in [6.45, 7) is 51.0. The summed E-state index contributed by atoms with van der Waals surface area (Å²) < 4.78 is 0. The molecule has 0 atom stereocenters. The number of benzene rings is 4. The van der Waals surface area contributed by atoms with Gasteiger partial charge in [0.2, 0.25) is 0 Å². The van der Waals surface area contributed by atoms with E-state index >= 15 is 0 Å². The van der Waals surface area contributed by atoms with E-state index in [0.29, 0.717) is 12.8 Å². The van der Waals surface area contributed by atoms with Gasteiger partial charge >= 0.3 is 39.9 Å². The molecule has 0 radical (unpaired) electrons. The monoisotopic (exact) mass is 1080 g/mol. The third-order valence-corrected chi connectivity index (χ3v) is 12.1. The van der Waals surface area contributed by atoms with Gasteiger partial charge in [-0.05, 0) is 101 Å². The van der Waals surface area contributed by atoms with Crippen LogP contribution in [-0.2, 0) is 56.2 Å².